The minimum absolute atomic E-state index is 0. The second kappa shape index (κ2) is 11.5. The van der Waals surface area contributed by atoms with Gasteiger partial charge in [-0.1, -0.05) is 65.0 Å². The Morgan fingerprint density at radius 2 is 1.70 bits per heavy atom. The maximum Gasteiger partial charge on any atom is 0.306 e. The van der Waals surface area contributed by atoms with Crippen molar-refractivity contribution in [3.63, 3.8) is 0 Å². The summed E-state index contributed by atoms with van der Waals surface area (Å²) in [5, 5.41) is 19.1. The van der Waals surface area contributed by atoms with Gasteiger partial charge >= 0.3 is 5.97 Å². The molecule has 1 atom stereocenters. The fourth-order valence-corrected chi connectivity index (χ4v) is 2.07. The van der Waals surface area contributed by atoms with Crippen molar-refractivity contribution >= 4 is 5.97 Å². The molecule has 20 heavy (non-hydrogen) atoms. The van der Waals surface area contributed by atoms with Crippen LogP contribution in [0.4, 0.5) is 0 Å². The predicted molar refractivity (Wildman–Crippen MR) is 85.0 cm³/mol. The van der Waals surface area contributed by atoms with Gasteiger partial charge < -0.3 is 10.2 Å². The van der Waals surface area contributed by atoms with Gasteiger partial charge in [0.1, 0.15) is 0 Å². The van der Waals surface area contributed by atoms with Gasteiger partial charge in [0.05, 0.1) is 12.0 Å². The molecular formula is C17H30O3. The number of aryl methyl sites for hydroxylation is 1. The van der Waals surface area contributed by atoms with Crippen LogP contribution in [0.5, 0.6) is 0 Å². The molecule has 0 bridgehead atoms. The normalized spacial score (nSPS) is 12.4. The van der Waals surface area contributed by atoms with Crippen molar-refractivity contribution < 1.29 is 15.0 Å². The summed E-state index contributed by atoms with van der Waals surface area (Å²) in [6.07, 6.45) is 2.36. The summed E-state index contributed by atoms with van der Waals surface area (Å²) >= 11 is 0. The van der Waals surface area contributed by atoms with Crippen molar-refractivity contribution in [1.82, 2.24) is 0 Å². The number of rotatable bonds is 7. The van der Waals surface area contributed by atoms with E-state index in [1.807, 2.05) is 51.1 Å². The Kier molecular flexibility index (Phi) is 12.0. The zero-order chi connectivity index (χ0) is 14.7. The second-order valence-corrected chi connectivity index (χ2v) is 4.53. The topological polar surface area (TPSA) is 57.5 Å². The highest BCUT2D eigenvalue weighted by Gasteiger charge is 2.28. The zero-order valence-corrected chi connectivity index (χ0v) is 12.2. The van der Waals surface area contributed by atoms with Crippen LogP contribution in [-0.2, 0) is 11.2 Å². The highest BCUT2D eigenvalue weighted by atomic mass is 16.4. The lowest BCUT2D eigenvalue weighted by atomic mass is 9.87. The Morgan fingerprint density at radius 1 is 1.15 bits per heavy atom. The number of carboxylic acid groups (broad SMARTS) is 1. The first-order chi connectivity index (χ1) is 9.06. The monoisotopic (exact) mass is 282 g/mol. The van der Waals surface area contributed by atoms with Crippen LogP contribution in [0.1, 0.15) is 59.4 Å². The molecule has 0 aliphatic rings. The first-order valence-electron chi connectivity index (χ1n) is 7.04. The van der Waals surface area contributed by atoms with Crippen LogP contribution in [0, 0.1) is 0 Å². The van der Waals surface area contributed by atoms with E-state index in [-0.39, 0.29) is 13.8 Å². The lowest BCUT2D eigenvalue weighted by Gasteiger charge is -2.26. The van der Waals surface area contributed by atoms with Crippen LogP contribution < -0.4 is 0 Å². The molecule has 0 radical (unpaired) electrons. The number of aliphatic carboxylic acids is 1. The molecule has 1 aromatic rings. The van der Waals surface area contributed by atoms with Crippen molar-refractivity contribution in [3.05, 3.63) is 35.9 Å². The molecule has 1 unspecified atom stereocenters. The van der Waals surface area contributed by atoms with E-state index in [0.717, 1.165) is 12.0 Å². The molecule has 0 aliphatic carbocycles. The maximum atomic E-state index is 10.7. The Labute approximate surface area is 123 Å². The van der Waals surface area contributed by atoms with Crippen molar-refractivity contribution in [1.29, 1.82) is 0 Å². The summed E-state index contributed by atoms with van der Waals surface area (Å²) in [6, 6.07) is 9.83. The molecule has 116 valence electrons. The molecule has 0 fully saturated rings. The Bertz CT molecular complexity index is 349. The Morgan fingerprint density at radius 3 is 2.15 bits per heavy atom. The molecule has 0 heterocycles. The van der Waals surface area contributed by atoms with Gasteiger partial charge in [0, 0.05) is 0 Å². The third-order valence-electron chi connectivity index (χ3n) is 2.92. The fourth-order valence-electron chi connectivity index (χ4n) is 2.07. The number of benzene rings is 1. The lowest BCUT2D eigenvalue weighted by molar-refractivity contribution is -0.143. The minimum atomic E-state index is -1.07. The number of carboxylic acids is 1. The Balaban J connectivity index is 0. The Hall–Kier alpha value is -1.35. The highest BCUT2D eigenvalue weighted by Crippen LogP contribution is 2.24. The van der Waals surface area contributed by atoms with Crippen molar-refractivity contribution in [3.8, 4) is 0 Å². The molecule has 0 spiro atoms. The van der Waals surface area contributed by atoms with E-state index in [4.69, 9.17) is 5.11 Å². The first-order valence-corrected chi connectivity index (χ1v) is 7.04. The van der Waals surface area contributed by atoms with Crippen molar-refractivity contribution in [2.24, 2.45) is 0 Å². The standard InChI is InChI=1S/C14H20O3.C2H6.CH4/c1-2-9-14(17,11-13(15)16)10-8-12-6-4-3-5-7-12;1-2;/h3-7,17H,2,8-11H2,1H3,(H,15,16);1-2H3;1H4. The molecule has 2 N–H and O–H groups in total. The summed E-state index contributed by atoms with van der Waals surface area (Å²) in [7, 11) is 0. The summed E-state index contributed by atoms with van der Waals surface area (Å²) < 4.78 is 0. The number of aliphatic hydroxyl groups is 1. The molecule has 3 heteroatoms. The van der Waals surface area contributed by atoms with Crippen molar-refractivity contribution in [2.75, 3.05) is 0 Å². The summed E-state index contributed by atoms with van der Waals surface area (Å²) in [4.78, 5) is 10.7. The molecule has 1 aromatic carbocycles. The van der Waals surface area contributed by atoms with E-state index in [9.17, 15) is 9.90 Å². The molecule has 0 amide bonds. The van der Waals surface area contributed by atoms with Crippen LogP contribution in [-0.4, -0.2) is 21.8 Å². The van der Waals surface area contributed by atoms with Gasteiger partial charge in [-0.05, 0) is 24.8 Å². The number of hydrogen-bond donors (Lipinski definition) is 2. The summed E-state index contributed by atoms with van der Waals surface area (Å²) in [6.45, 7) is 5.95. The minimum Gasteiger partial charge on any atom is -0.481 e. The van der Waals surface area contributed by atoms with Crippen molar-refractivity contribution in [2.45, 2.75) is 65.9 Å². The van der Waals surface area contributed by atoms with Gasteiger partial charge in [0.2, 0.25) is 0 Å². The largest absolute Gasteiger partial charge is 0.481 e. The van der Waals surface area contributed by atoms with E-state index >= 15 is 0 Å². The van der Waals surface area contributed by atoms with Gasteiger partial charge in [-0.15, -0.1) is 0 Å². The summed E-state index contributed by atoms with van der Waals surface area (Å²) in [5.74, 6) is -0.936. The third-order valence-corrected chi connectivity index (χ3v) is 2.92. The van der Waals surface area contributed by atoms with E-state index in [1.165, 1.54) is 0 Å². The van der Waals surface area contributed by atoms with Gasteiger partial charge in [-0.2, -0.15) is 0 Å². The number of carbonyl (C=O) groups is 1. The molecule has 0 aliphatic heterocycles. The van der Waals surface area contributed by atoms with Crippen LogP contribution >= 0.6 is 0 Å². The van der Waals surface area contributed by atoms with Crippen LogP contribution in [0.25, 0.3) is 0 Å². The predicted octanol–water partition coefficient (Wildman–Crippen LogP) is 4.29. The van der Waals surface area contributed by atoms with Gasteiger partial charge in [0.15, 0.2) is 0 Å². The second-order valence-electron chi connectivity index (χ2n) is 4.53. The molecule has 0 saturated carbocycles. The highest BCUT2D eigenvalue weighted by molar-refractivity contribution is 5.68. The SMILES string of the molecule is C.CC.CCCC(O)(CCc1ccccc1)CC(=O)O. The average molecular weight is 282 g/mol. The molecule has 1 rings (SSSR count). The zero-order valence-electron chi connectivity index (χ0n) is 12.2. The third kappa shape index (κ3) is 8.70. The van der Waals surface area contributed by atoms with E-state index in [1.54, 1.807) is 0 Å². The van der Waals surface area contributed by atoms with E-state index in [0.29, 0.717) is 19.3 Å². The van der Waals surface area contributed by atoms with Gasteiger partial charge in [-0.3, -0.25) is 4.79 Å². The fraction of sp³-hybridized carbons (Fsp3) is 0.588. The van der Waals surface area contributed by atoms with Crippen LogP contribution in [0.3, 0.4) is 0 Å². The maximum absolute atomic E-state index is 10.7. The molecular weight excluding hydrogens is 252 g/mol. The van der Waals surface area contributed by atoms with Gasteiger partial charge in [-0.25, -0.2) is 0 Å². The summed E-state index contributed by atoms with van der Waals surface area (Å²) in [5.41, 5.74) is 0.0589. The molecule has 0 aromatic heterocycles. The van der Waals surface area contributed by atoms with Crippen LogP contribution in [0.15, 0.2) is 30.3 Å². The van der Waals surface area contributed by atoms with E-state index in [2.05, 4.69) is 0 Å². The van der Waals surface area contributed by atoms with E-state index < -0.39 is 11.6 Å². The quantitative estimate of drug-likeness (QED) is 0.784. The van der Waals surface area contributed by atoms with Gasteiger partial charge in [0.25, 0.3) is 0 Å². The number of hydrogen-bond acceptors (Lipinski definition) is 2. The molecule has 0 saturated heterocycles. The average Bonchev–Trinajstić information content (AvgIpc) is 2.39. The van der Waals surface area contributed by atoms with Crippen LogP contribution in [0.2, 0.25) is 0 Å². The lowest BCUT2D eigenvalue weighted by Crippen LogP contribution is -2.32. The molecule has 3 nitrogen and oxygen atoms in total. The first kappa shape index (κ1) is 21.0. The smallest absolute Gasteiger partial charge is 0.306 e.